The van der Waals surface area contributed by atoms with E-state index in [4.69, 9.17) is 0 Å². The lowest BCUT2D eigenvalue weighted by Crippen LogP contribution is -2.49. The maximum Gasteiger partial charge on any atom is 0.138 e. The standard InChI is InChI=1S/C15H30N2O/c1-13(2)17-11-9-16(10-12-17)8-6-7-14(18)15(3,4)5/h13H,6-12H2,1-5H3. The van der Waals surface area contributed by atoms with Gasteiger partial charge in [-0.1, -0.05) is 20.8 Å². The van der Waals surface area contributed by atoms with Crippen molar-refractivity contribution in [2.24, 2.45) is 5.41 Å². The molecule has 0 unspecified atom stereocenters. The predicted octanol–water partition coefficient (Wildman–Crippen LogP) is 2.41. The molecule has 0 amide bonds. The van der Waals surface area contributed by atoms with E-state index in [1.54, 1.807) is 0 Å². The normalized spacial score (nSPS) is 19.4. The van der Waals surface area contributed by atoms with E-state index in [1.807, 2.05) is 20.8 Å². The van der Waals surface area contributed by atoms with E-state index >= 15 is 0 Å². The molecule has 106 valence electrons. The summed E-state index contributed by atoms with van der Waals surface area (Å²) >= 11 is 0. The minimum Gasteiger partial charge on any atom is -0.301 e. The third-order valence-electron chi connectivity index (χ3n) is 3.85. The molecule has 1 aliphatic rings. The van der Waals surface area contributed by atoms with Crippen LogP contribution in [0.4, 0.5) is 0 Å². The molecular formula is C15H30N2O. The summed E-state index contributed by atoms with van der Waals surface area (Å²) < 4.78 is 0. The first-order valence-electron chi connectivity index (χ1n) is 7.30. The molecule has 0 spiro atoms. The van der Waals surface area contributed by atoms with Gasteiger partial charge in [-0.25, -0.2) is 0 Å². The van der Waals surface area contributed by atoms with Gasteiger partial charge in [-0.2, -0.15) is 0 Å². The molecule has 1 fully saturated rings. The van der Waals surface area contributed by atoms with Crippen LogP contribution >= 0.6 is 0 Å². The van der Waals surface area contributed by atoms with Crippen molar-refractivity contribution < 1.29 is 4.79 Å². The monoisotopic (exact) mass is 254 g/mol. The van der Waals surface area contributed by atoms with Crippen molar-refractivity contribution in [1.29, 1.82) is 0 Å². The summed E-state index contributed by atoms with van der Waals surface area (Å²) in [5.74, 6) is 0.392. The Balaban J connectivity index is 2.17. The van der Waals surface area contributed by atoms with Gasteiger partial charge < -0.3 is 4.90 Å². The number of carbonyl (C=O) groups is 1. The van der Waals surface area contributed by atoms with Gasteiger partial charge in [0.2, 0.25) is 0 Å². The summed E-state index contributed by atoms with van der Waals surface area (Å²) in [7, 11) is 0. The average Bonchev–Trinajstić information content (AvgIpc) is 2.28. The smallest absolute Gasteiger partial charge is 0.138 e. The zero-order valence-electron chi connectivity index (χ0n) is 12.8. The largest absolute Gasteiger partial charge is 0.301 e. The quantitative estimate of drug-likeness (QED) is 0.753. The molecule has 1 saturated heterocycles. The van der Waals surface area contributed by atoms with Gasteiger partial charge >= 0.3 is 0 Å². The fraction of sp³-hybridized carbons (Fsp3) is 0.933. The van der Waals surface area contributed by atoms with Crippen LogP contribution in [0.1, 0.15) is 47.5 Å². The lowest BCUT2D eigenvalue weighted by Gasteiger charge is -2.37. The Labute approximate surface area is 113 Å². The van der Waals surface area contributed by atoms with E-state index in [0.717, 1.165) is 32.5 Å². The van der Waals surface area contributed by atoms with Crippen LogP contribution in [-0.4, -0.2) is 54.3 Å². The van der Waals surface area contributed by atoms with Crippen LogP contribution in [0.15, 0.2) is 0 Å². The molecule has 1 heterocycles. The highest BCUT2D eigenvalue weighted by Crippen LogP contribution is 2.18. The van der Waals surface area contributed by atoms with Crippen LogP contribution in [-0.2, 0) is 4.79 Å². The van der Waals surface area contributed by atoms with Gasteiger partial charge in [0, 0.05) is 44.1 Å². The maximum absolute atomic E-state index is 11.8. The van der Waals surface area contributed by atoms with Crippen LogP contribution in [0, 0.1) is 5.41 Å². The number of Topliss-reactive ketones (excluding diaryl/α,β-unsaturated/α-hetero) is 1. The lowest BCUT2D eigenvalue weighted by atomic mass is 9.88. The number of carbonyl (C=O) groups excluding carboxylic acids is 1. The minimum absolute atomic E-state index is 0.170. The highest BCUT2D eigenvalue weighted by molar-refractivity contribution is 5.83. The van der Waals surface area contributed by atoms with E-state index in [-0.39, 0.29) is 5.41 Å². The van der Waals surface area contributed by atoms with Crippen molar-refractivity contribution in [2.75, 3.05) is 32.7 Å². The van der Waals surface area contributed by atoms with Crippen LogP contribution in [0.2, 0.25) is 0 Å². The summed E-state index contributed by atoms with van der Waals surface area (Å²) in [5, 5.41) is 0. The molecule has 0 N–H and O–H groups in total. The molecule has 3 nitrogen and oxygen atoms in total. The van der Waals surface area contributed by atoms with Crippen LogP contribution in [0.3, 0.4) is 0 Å². The molecule has 0 atom stereocenters. The molecular weight excluding hydrogens is 224 g/mol. The number of hydrogen-bond donors (Lipinski definition) is 0. The van der Waals surface area contributed by atoms with Crippen molar-refractivity contribution in [3.8, 4) is 0 Å². The van der Waals surface area contributed by atoms with Gasteiger partial charge in [0.25, 0.3) is 0 Å². The number of nitrogens with zero attached hydrogens (tertiary/aromatic N) is 2. The summed E-state index contributed by atoms with van der Waals surface area (Å²) in [6.45, 7) is 16.3. The van der Waals surface area contributed by atoms with E-state index < -0.39 is 0 Å². The van der Waals surface area contributed by atoms with Crippen LogP contribution < -0.4 is 0 Å². The average molecular weight is 254 g/mol. The third kappa shape index (κ3) is 5.07. The molecule has 0 radical (unpaired) electrons. The van der Waals surface area contributed by atoms with Crippen molar-refractivity contribution in [2.45, 2.75) is 53.5 Å². The van der Waals surface area contributed by atoms with Crippen molar-refractivity contribution in [1.82, 2.24) is 9.80 Å². The molecule has 0 aromatic heterocycles. The molecule has 0 saturated carbocycles. The van der Waals surface area contributed by atoms with Gasteiger partial charge in [-0.15, -0.1) is 0 Å². The Bertz CT molecular complexity index is 260. The van der Waals surface area contributed by atoms with E-state index in [9.17, 15) is 4.79 Å². The van der Waals surface area contributed by atoms with Gasteiger partial charge in [0.1, 0.15) is 5.78 Å². The number of ketones is 1. The topological polar surface area (TPSA) is 23.6 Å². The van der Waals surface area contributed by atoms with Gasteiger partial charge in [0.15, 0.2) is 0 Å². The Kier molecular flexibility index (Phi) is 5.80. The first-order chi connectivity index (χ1) is 8.30. The lowest BCUT2D eigenvalue weighted by molar-refractivity contribution is -0.126. The second kappa shape index (κ2) is 6.67. The van der Waals surface area contributed by atoms with Crippen LogP contribution in [0.5, 0.6) is 0 Å². The maximum atomic E-state index is 11.8. The molecule has 3 heteroatoms. The zero-order valence-corrected chi connectivity index (χ0v) is 12.8. The Morgan fingerprint density at radius 1 is 1.11 bits per heavy atom. The summed E-state index contributed by atoms with van der Waals surface area (Å²) in [5.41, 5.74) is -0.170. The van der Waals surface area contributed by atoms with Gasteiger partial charge in [-0.05, 0) is 26.8 Å². The van der Waals surface area contributed by atoms with Crippen molar-refractivity contribution >= 4 is 5.78 Å². The second-order valence-corrected chi connectivity index (χ2v) is 6.75. The number of piperazine rings is 1. The molecule has 18 heavy (non-hydrogen) atoms. The first kappa shape index (κ1) is 15.6. The second-order valence-electron chi connectivity index (χ2n) is 6.75. The van der Waals surface area contributed by atoms with Crippen LogP contribution in [0.25, 0.3) is 0 Å². The van der Waals surface area contributed by atoms with E-state index in [1.165, 1.54) is 13.1 Å². The molecule has 0 aromatic rings. The van der Waals surface area contributed by atoms with Gasteiger partial charge in [-0.3, -0.25) is 9.69 Å². The Hall–Kier alpha value is -0.410. The molecule has 1 rings (SSSR count). The Morgan fingerprint density at radius 3 is 2.11 bits per heavy atom. The third-order valence-corrected chi connectivity index (χ3v) is 3.85. The summed E-state index contributed by atoms with van der Waals surface area (Å²) in [4.78, 5) is 16.8. The van der Waals surface area contributed by atoms with Crippen molar-refractivity contribution in [3.63, 3.8) is 0 Å². The summed E-state index contributed by atoms with van der Waals surface area (Å²) in [6.07, 6.45) is 1.74. The number of hydrogen-bond acceptors (Lipinski definition) is 3. The SMILES string of the molecule is CC(C)N1CCN(CCCC(=O)C(C)(C)C)CC1. The Morgan fingerprint density at radius 2 is 1.67 bits per heavy atom. The fourth-order valence-electron chi connectivity index (χ4n) is 2.34. The fourth-order valence-corrected chi connectivity index (χ4v) is 2.34. The van der Waals surface area contributed by atoms with E-state index in [0.29, 0.717) is 11.8 Å². The zero-order chi connectivity index (χ0) is 13.8. The molecule has 0 aromatic carbocycles. The molecule has 0 aliphatic carbocycles. The first-order valence-corrected chi connectivity index (χ1v) is 7.30. The van der Waals surface area contributed by atoms with E-state index in [2.05, 4.69) is 23.6 Å². The molecule has 1 aliphatic heterocycles. The predicted molar refractivity (Wildman–Crippen MR) is 76.8 cm³/mol. The van der Waals surface area contributed by atoms with Gasteiger partial charge in [0.05, 0.1) is 0 Å². The molecule has 0 bridgehead atoms. The van der Waals surface area contributed by atoms with Crippen molar-refractivity contribution in [3.05, 3.63) is 0 Å². The highest BCUT2D eigenvalue weighted by atomic mass is 16.1. The minimum atomic E-state index is -0.170. The summed E-state index contributed by atoms with van der Waals surface area (Å²) in [6, 6.07) is 0.662. The highest BCUT2D eigenvalue weighted by Gasteiger charge is 2.22. The number of rotatable bonds is 5.